The number of fused-ring (bicyclic) bond motifs is 1. The number of benzene rings is 2. The van der Waals surface area contributed by atoms with Crippen molar-refractivity contribution in [3.05, 3.63) is 73.7 Å². The minimum Gasteiger partial charge on any atom is -0.493 e. The zero-order chi connectivity index (χ0) is 20.4. The molecule has 6 heteroatoms. The van der Waals surface area contributed by atoms with Crippen LogP contribution in [0.3, 0.4) is 0 Å². The molecule has 0 amide bonds. The number of allylic oxidation sites excluding steroid dienone is 1. The molecule has 148 valence electrons. The summed E-state index contributed by atoms with van der Waals surface area (Å²) in [7, 11) is 0. The Morgan fingerprint density at radius 3 is 2.86 bits per heavy atom. The maximum atomic E-state index is 12.4. The second-order valence-corrected chi connectivity index (χ2v) is 7.89. The monoisotopic (exact) mass is 406 g/mol. The predicted molar refractivity (Wildman–Crippen MR) is 119 cm³/mol. The molecule has 1 N–H and O–H groups in total. The van der Waals surface area contributed by atoms with Crippen molar-refractivity contribution in [2.24, 2.45) is 4.99 Å². The van der Waals surface area contributed by atoms with Crippen molar-refractivity contribution >= 4 is 34.9 Å². The highest BCUT2D eigenvalue weighted by Gasteiger charge is 2.18. The van der Waals surface area contributed by atoms with Crippen LogP contribution >= 0.6 is 11.3 Å². The van der Waals surface area contributed by atoms with E-state index in [4.69, 9.17) is 4.74 Å². The summed E-state index contributed by atoms with van der Waals surface area (Å²) in [6.45, 7) is 4.68. The third-order valence-electron chi connectivity index (χ3n) is 4.90. The standard InChI is InChI=1S/C23H22N2O3S/c1-3-16-7-5-9-19-17(14-24-21(16)19)13-20-22(26)25(23(27)29-20)10-11-28-18-8-4-6-15(2)12-18/h4-9,12-14,26H,3,10-11H2,1-2H3/b17-13+. The first-order chi connectivity index (χ1) is 14.1. The van der Waals surface area contributed by atoms with Gasteiger partial charge in [-0.25, -0.2) is 0 Å². The smallest absolute Gasteiger partial charge is 0.310 e. The van der Waals surface area contributed by atoms with Crippen LogP contribution in [0.2, 0.25) is 0 Å². The lowest BCUT2D eigenvalue weighted by Crippen LogP contribution is -2.17. The van der Waals surface area contributed by atoms with Gasteiger partial charge in [-0.2, -0.15) is 0 Å². The number of nitrogens with zero attached hydrogens (tertiary/aromatic N) is 2. The van der Waals surface area contributed by atoms with Crippen LogP contribution in [0.15, 0.2) is 52.3 Å². The Morgan fingerprint density at radius 1 is 1.24 bits per heavy atom. The molecule has 4 rings (SSSR count). The van der Waals surface area contributed by atoms with E-state index >= 15 is 0 Å². The number of thiazole rings is 1. The number of ether oxygens (including phenoxy) is 1. The van der Waals surface area contributed by atoms with Crippen molar-refractivity contribution < 1.29 is 9.84 Å². The van der Waals surface area contributed by atoms with Crippen LogP contribution in [0, 0.1) is 6.92 Å². The van der Waals surface area contributed by atoms with E-state index in [9.17, 15) is 9.90 Å². The van der Waals surface area contributed by atoms with Crippen LogP contribution in [0.4, 0.5) is 5.69 Å². The lowest BCUT2D eigenvalue weighted by Gasteiger charge is -2.08. The Labute approximate surface area is 173 Å². The molecule has 0 bridgehead atoms. The van der Waals surface area contributed by atoms with Crippen molar-refractivity contribution in [3.63, 3.8) is 0 Å². The number of hydrogen-bond acceptors (Lipinski definition) is 5. The number of aliphatic imine (C=N–C) groups is 1. The van der Waals surface area contributed by atoms with E-state index in [-0.39, 0.29) is 17.3 Å². The summed E-state index contributed by atoms with van der Waals surface area (Å²) in [5, 5.41) is 10.6. The van der Waals surface area contributed by atoms with E-state index in [0.29, 0.717) is 11.5 Å². The summed E-state index contributed by atoms with van der Waals surface area (Å²) < 4.78 is 7.06. The highest BCUT2D eigenvalue weighted by molar-refractivity contribution is 7.10. The average Bonchev–Trinajstić information content (AvgIpc) is 3.24. The lowest BCUT2D eigenvalue weighted by molar-refractivity contribution is 0.286. The molecule has 0 unspecified atom stereocenters. The van der Waals surface area contributed by atoms with Crippen LogP contribution < -0.4 is 9.61 Å². The van der Waals surface area contributed by atoms with Gasteiger partial charge in [0, 0.05) is 17.4 Å². The Balaban J connectivity index is 1.54. The van der Waals surface area contributed by atoms with E-state index in [1.165, 1.54) is 10.1 Å². The molecule has 0 atom stereocenters. The molecular formula is C23H22N2O3S. The summed E-state index contributed by atoms with van der Waals surface area (Å²) in [6.07, 6.45) is 4.52. The van der Waals surface area contributed by atoms with Gasteiger partial charge in [-0.3, -0.25) is 14.4 Å². The van der Waals surface area contributed by atoms with E-state index in [1.807, 2.05) is 49.4 Å². The number of aryl methyl sites for hydroxylation is 2. The van der Waals surface area contributed by atoms with E-state index in [2.05, 4.69) is 18.0 Å². The van der Waals surface area contributed by atoms with E-state index in [0.717, 1.165) is 45.9 Å². The fraction of sp³-hybridized carbons (Fsp3) is 0.217. The molecule has 2 aromatic carbocycles. The van der Waals surface area contributed by atoms with Gasteiger partial charge in [-0.05, 0) is 42.7 Å². The number of para-hydroxylation sites is 1. The molecule has 0 saturated heterocycles. The van der Waals surface area contributed by atoms with Crippen molar-refractivity contribution in [1.82, 2.24) is 4.57 Å². The molecular weight excluding hydrogens is 384 g/mol. The second-order valence-electron chi connectivity index (χ2n) is 6.90. The topological polar surface area (TPSA) is 63.8 Å². The van der Waals surface area contributed by atoms with Gasteiger partial charge in [0.2, 0.25) is 5.88 Å². The maximum absolute atomic E-state index is 12.4. The first-order valence-electron chi connectivity index (χ1n) is 9.57. The highest BCUT2D eigenvalue weighted by Crippen LogP contribution is 2.37. The summed E-state index contributed by atoms with van der Waals surface area (Å²) in [6, 6.07) is 13.8. The number of aromatic hydroxyl groups is 1. The van der Waals surface area contributed by atoms with Crippen molar-refractivity contribution in [1.29, 1.82) is 0 Å². The van der Waals surface area contributed by atoms with E-state index < -0.39 is 0 Å². The molecule has 29 heavy (non-hydrogen) atoms. The van der Waals surface area contributed by atoms with Gasteiger partial charge >= 0.3 is 4.87 Å². The molecule has 0 spiro atoms. The molecule has 0 aliphatic carbocycles. The fourth-order valence-electron chi connectivity index (χ4n) is 3.39. The summed E-state index contributed by atoms with van der Waals surface area (Å²) in [5.41, 5.74) is 5.19. The summed E-state index contributed by atoms with van der Waals surface area (Å²) >= 11 is 1.02. The van der Waals surface area contributed by atoms with Crippen LogP contribution in [0.5, 0.6) is 11.6 Å². The van der Waals surface area contributed by atoms with Gasteiger partial charge in [0.05, 0.1) is 17.1 Å². The summed E-state index contributed by atoms with van der Waals surface area (Å²) in [4.78, 5) is 17.2. The first kappa shape index (κ1) is 19.2. The van der Waals surface area contributed by atoms with Gasteiger partial charge in [-0.15, -0.1) is 0 Å². The number of rotatable bonds is 6. The zero-order valence-corrected chi connectivity index (χ0v) is 17.2. The molecule has 2 heterocycles. The second kappa shape index (κ2) is 8.09. The Bertz CT molecular complexity index is 1170. The van der Waals surface area contributed by atoms with Gasteiger partial charge in [0.15, 0.2) is 0 Å². The van der Waals surface area contributed by atoms with Gasteiger partial charge in [-0.1, -0.05) is 48.6 Å². The molecule has 0 radical (unpaired) electrons. The minimum atomic E-state index is -0.209. The van der Waals surface area contributed by atoms with Crippen molar-refractivity contribution in [2.75, 3.05) is 6.61 Å². The number of aromatic nitrogens is 1. The van der Waals surface area contributed by atoms with E-state index in [1.54, 1.807) is 6.21 Å². The summed E-state index contributed by atoms with van der Waals surface area (Å²) in [5.74, 6) is 0.717. The minimum absolute atomic E-state index is 0.0335. The molecule has 5 nitrogen and oxygen atoms in total. The maximum Gasteiger partial charge on any atom is 0.310 e. The largest absolute Gasteiger partial charge is 0.493 e. The highest BCUT2D eigenvalue weighted by atomic mass is 32.1. The molecule has 0 fully saturated rings. The third-order valence-corrected chi connectivity index (χ3v) is 5.81. The number of hydrogen-bond donors (Lipinski definition) is 1. The normalized spacial score (nSPS) is 13.8. The Hall–Kier alpha value is -3.12. The fourth-order valence-corrected chi connectivity index (χ4v) is 4.25. The predicted octanol–water partition coefficient (Wildman–Crippen LogP) is 4.82. The van der Waals surface area contributed by atoms with Crippen LogP contribution in [0.25, 0.3) is 11.6 Å². The molecule has 1 aliphatic rings. The first-order valence-corrected chi connectivity index (χ1v) is 10.4. The quantitative estimate of drug-likeness (QED) is 0.638. The molecule has 1 aliphatic heterocycles. The third kappa shape index (κ3) is 3.89. The molecule has 0 saturated carbocycles. The van der Waals surface area contributed by atoms with Gasteiger partial charge < -0.3 is 9.84 Å². The van der Waals surface area contributed by atoms with Gasteiger partial charge in [0.25, 0.3) is 0 Å². The van der Waals surface area contributed by atoms with Crippen molar-refractivity contribution in [2.45, 2.75) is 26.8 Å². The SMILES string of the molecule is CCc1cccc2c1N=C/C2=C\c1sc(=O)n(CCOc2cccc(C)c2)c1O. The van der Waals surface area contributed by atoms with Crippen LogP contribution in [0.1, 0.15) is 28.5 Å². The molecule has 3 aromatic rings. The van der Waals surface area contributed by atoms with Gasteiger partial charge in [0.1, 0.15) is 12.4 Å². The Morgan fingerprint density at radius 2 is 2.07 bits per heavy atom. The zero-order valence-electron chi connectivity index (χ0n) is 16.4. The Kier molecular flexibility index (Phi) is 5.36. The molecule has 1 aromatic heterocycles. The van der Waals surface area contributed by atoms with Crippen LogP contribution in [-0.4, -0.2) is 22.5 Å². The van der Waals surface area contributed by atoms with Crippen LogP contribution in [-0.2, 0) is 13.0 Å². The average molecular weight is 407 g/mol. The lowest BCUT2D eigenvalue weighted by atomic mass is 10.0. The van der Waals surface area contributed by atoms with Crippen molar-refractivity contribution in [3.8, 4) is 11.6 Å².